The zero-order valence-electron chi connectivity index (χ0n) is 9.31. The second kappa shape index (κ2) is 5.02. The number of hydrogen-bond donors (Lipinski definition) is 0. The van der Waals surface area contributed by atoms with E-state index in [9.17, 15) is 4.79 Å². The number of halogens is 1. The molecule has 0 fully saturated rings. The van der Waals surface area contributed by atoms with Gasteiger partial charge in [0.05, 0.1) is 0 Å². The number of rotatable bonds is 2. The lowest BCUT2D eigenvalue weighted by Crippen LogP contribution is -1.97. The van der Waals surface area contributed by atoms with Crippen LogP contribution in [0.15, 0.2) is 48.5 Å². The fraction of sp³-hybridized carbons (Fsp3) is 0.0714. The van der Waals surface area contributed by atoms with Gasteiger partial charge in [0, 0.05) is 17.2 Å². The molecule has 3 heteroatoms. The molecule has 2 aromatic rings. The molecule has 0 saturated heterocycles. The van der Waals surface area contributed by atoms with Gasteiger partial charge in [-0.1, -0.05) is 48.0 Å². The minimum atomic E-state index is -0.829. The van der Waals surface area contributed by atoms with Crippen LogP contribution < -0.4 is 4.74 Å². The number of para-hydroxylation sites is 1. The minimum absolute atomic E-state index is 0.469. The molecule has 2 nitrogen and oxygen atoms in total. The van der Waals surface area contributed by atoms with Crippen molar-refractivity contribution in [2.24, 2.45) is 0 Å². The van der Waals surface area contributed by atoms with Gasteiger partial charge >= 0.3 is 5.43 Å². The topological polar surface area (TPSA) is 26.3 Å². The highest BCUT2D eigenvalue weighted by molar-refractivity contribution is 6.61. The molecule has 86 valence electrons. The fourth-order valence-corrected chi connectivity index (χ4v) is 1.70. The van der Waals surface area contributed by atoms with Gasteiger partial charge in [-0.05, 0) is 18.6 Å². The Morgan fingerprint density at radius 1 is 1.06 bits per heavy atom. The van der Waals surface area contributed by atoms with E-state index in [1.807, 2.05) is 43.3 Å². The molecule has 0 aliphatic carbocycles. The molecule has 0 aromatic heterocycles. The summed E-state index contributed by atoms with van der Waals surface area (Å²) in [7, 11) is 0. The third-order valence-corrected chi connectivity index (χ3v) is 2.52. The highest BCUT2D eigenvalue weighted by Gasteiger charge is 2.08. The highest BCUT2D eigenvalue weighted by atomic mass is 35.5. The Kier molecular flexibility index (Phi) is 3.45. The van der Waals surface area contributed by atoms with E-state index in [4.69, 9.17) is 16.3 Å². The summed E-state index contributed by atoms with van der Waals surface area (Å²) in [5, 5.41) is 0. The third-order valence-electron chi connectivity index (χ3n) is 2.44. The van der Waals surface area contributed by atoms with Crippen LogP contribution in [0, 0.1) is 6.92 Å². The van der Waals surface area contributed by atoms with Crippen LogP contribution in [0.2, 0.25) is 0 Å². The number of aryl methyl sites for hydroxylation is 1. The molecule has 0 heterocycles. The number of carbonyl (C=O) groups is 1. The Balaban J connectivity index is 2.44. The summed E-state index contributed by atoms with van der Waals surface area (Å²) >= 11 is 5.24. The summed E-state index contributed by atoms with van der Waals surface area (Å²) in [6, 6.07) is 15.3. The molecule has 0 aliphatic rings. The van der Waals surface area contributed by atoms with Gasteiger partial charge < -0.3 is 4.74 Å². The SMILES string of the molecule is Cc1ccc(-c2ccccc2OC(=O)Cl)cc1. The average molecular weight is 247 g/mol. The summed E-state index contributed by atoms with van der Waals surface area (Å²) < 4.78 is 4.96. The van der Waals surface area contributed by atoms with Gasteiger partial charge in [0.15, 0.2) is 0 Å². The number of ether oxygens (including phenoxy) is 1. The quantitative estimate of drug-likeness (QED) is 0.734. The first-order valence-corrected chi connectivity index (χ1v) is 5.58. The fourth-order valence-electron chi connectivity index (χ4n) is 1.61. The standard InChI is InChI=1S/C14H11ClO2/c1-10-6-8-11(9-7-10)12-4-2-3-5-13(12)17-14(15)16/h2-9H,1H3. The van der Waals surface area contributed by atoms with Crippen molar-refractivity contribution in [3.05, 3.63) is 54.1 Å². The zero-order valence-corrected chi connectivity index (χ0v) is 10.1. The Hall–Kier alpha value is -1.80. The van der Waals surface area contributed by atoms with Crippen LogP contribution in [0.3, 0.4) is 0 Å². The molecule has 0 spiro atoms. The van der Waals surface area contributed by atoms with Crippen molar-refractivity contribution in [2.75, 3.05) is 0 Å². The first-order valence-electron chi connectivity index (χ1n) is 5.20. The smallest absolute Gasteiger partial charge is 0.409 e. The average Bonchev–Trinajstić information content (AvgIpc) is 2.30. The van der Waals surface area contributed by atoms with Gasteiger partial charge in [-0.25, -0.2) is 4.79 Å². The maximum atomic E-state index is 10.8. The molecule has 0 N–H and O–H groups in total. The monoisotopic (exact) mass is 246 g/mol. The summed E-state index contributed by atoms with van der Waals surface area (Å²) in [5.41, 5.74) is 2.19. The van der Waals surface area contributed by atoms with E-state index in [1.54, 1.807) is 12.1 Å². The van der Waals surface area contributed by atoms with Crippen LogP contribution in [0.5, 0.6) is 5.75 Å². The van der Waals surface area contributed by atoms with Crippen LogP contribution in [0.25, 0.3) is 11.1 Å². The number of carbonyl (C=O) groups excluding carboxylic acids is 1. The molecule has 2 rings (SSSR count). The van der Waals surface area contributed by atoms with Gasteiger partial charge in [0.2, 0.25) is 0 Å². The molecule has 0 unspecified atom stereocenters. The van der Waals surface area contributed by atoms with Crippen molar-refractivity contribution in [1.29, 1.82) is 0 Å². The van der Waals surface area contributed by atoms with Gasteiger partial charge in [-0.2, -0.15) is 0 Å². The molecule has 0 atom stereocenters. The largest absolute Gasteiger partial charge is 0.414 e. The Labute approximate surface area is 105 Å². The second-order valence-electron chi connectivity index (χ2n) is 3.70. The normalized spacial score (nSPS) is 10.0. The van der Waals surface area contributed by atoms with Crippen molar-refractivity contribution in [1.82, 2.24) is 0 Å². The molecule has 0 amide bonds. The predicted octanol–water partition coefficient (Wildman–Crippen LogP) is 4.40. The molecular weight excluding hydrogens is 236 g/mol. The maximum absolute atomic E-state index is 10.8. The van der Waals surface area contributed by atoms with Gasteiger partial charge in [-0.3, -0.25) is 0 Å². The predicted molar refractivity (Wildman–Crippen MR) is 68.5 cm³/mol. The van der Waals surface area contributed by atoms with Gasteiger partial charge in [0.1, 0.15) is 5.75 Å². The van der Waals surface area contributed by atoms with Crippen LogP contribution in [0.1, 0.15) is 5.56 Å². The molecule has 2 aromatic carbocycles. The minimum Gasteiger partial charge on any atom is -0.414 e. The summed E-state index contributed by atoms with van der Waals surface area (Å²) in [6.07, 6.45) is 0. The molecule has 0 bridgehead atoms. The van der Waals surface area contributed by atoms with E-state index >= 15 is 0 Å². The number of hydrogen-bond acceptors (Lipinski definition) is 2. The Bertz CT molecular complexity index is 532. The lowest BCUT2D eigenvalue weighted by Gasteiger charge is -2.08. The molecule has 17 heavy (non-hydrogen) atoms. The van der Waals surface area contributed by atoms with Gasteiger partial charge in [0.25, 0.3) is 0 Å². The number of benzene rings is 2. The second-order valence-corrected chi connectivity index (χ2v) is 4.01. The first-order chi connectivity index (χ1) is 8.16. The van der Waals surface area contributed by atoms with Crippen molar-refractivity contribution in [3.8, 4) is 16.9 Å². The van der Waals surface area contributed by atoms with E-state index in [0.717, 1.165) is 11.1 Å². The first kappa shape index (κ1) is 11.7. The summed E-state index contributed by atoms with van der Waals surface area (Å²) in [4.78, 5) is 10.8. The zero-order chi connectivity index (χ0) is 12.3. The van der Waals surface area contributed by atoms with E-state index in [0.29, 0.717) is 5.75 Å². The van der Waals surface area contributed by atoms with Crippen molar-refractivity contribution in [3.63, 3.8) is 0 Å². The Morgan fingerprint density at radius 2 is 1.71 bits per heavy atom. The molecular formula is C14H11ClO2. The van der Waals surface area contributed by atoms with E-state index in [-0.39, 0.29) is 0 Å². The van der Waals surface area contributed by atoms with E-state index < -0.39 is 5.43 Å². The van der Waals surface area contributed by atoms with Crippen LogP contribution in [-0.4, -0.2) is 5.43 Å². The molecule has 0 aliphatic heterocycles. The third kappa shape index (κ3) is 2.86. The maximum Gasteiger partial charge on any atom is 0.409 e. The van der Waals surface area contributed by atoms with Crippen LogP contribution in [0.4, 0.5) is 4.79 Å². The lowest BCUT2D eigenvalue weighted by molar-refractivity contribution is 0.226. The van der Waals surface area contributed by atoms with Crippen LogP contribution in [-0.2, 0) is 0 Å². The van der Waals surface area contributed by atoms with E-state index in [1.165, 1.54) is 5.56 Å². The van der Waals surface area contributed by atoms with Crippen molar-refractivity contribution in [2.45, 2.75) is 6.92 Å². The lowest BCUT2D eigenvalue weighted by atomic mass is 10.0. The van der Waals surface area contributed by atoms with Gasteiger partial charge in [-0.15, -0.1) is 0 Å². The van der Waals surface area contributed by atoms with Crippen molar-refractivity contribution >= 4 is 17.0 Å². The van der Waals surface area contributed by atoms with Crippen LogP contribution >= 0.6 is 11.6 Å². The Morgan fingerprint density at radius 3 is 2.35 bits per heavy atom. The summed E-state index contributed by atoms with van der Waals surface area (Å²) in [5.74, 6) is 0.469. The van der Waals surface area contributed by atoms with E-state index in [2.05, 4.69) is 0 Å². The highest BCUT2D eigenvalue weighted by Crippen LogP contribution is 2.30. The molecule has 0 radical (unpaired) electrons. The summed E-state index contributed by atoms with van der Waals surface area (Å²) in [6.45, 7) is 2.02. The van der Waals surface area contributed by atoms with Crippen molar-refractivity contribution < 1.29 is 9.53 Å². The molecule has 0 saturated carbocycles.